The highest BCUT2D eigenvalue weighted by Crippen LogP contribution is 2.31. The van der Waals surface area contributed by atoms with Gasteiger partial charge in [0, 0.05) is 12.6 Å². The molecule has 1 aliphatic rings. The third-order valence-electron chi connectivity index (χ3n) is 7.36. The zero-order valence-corrected chi connectivity index (χ0v) is 24.5. The van der Waals surface area contributed by atoms with Crippen LogP contribution in [0.5, 0.6) is 0 Å². The van der Waals surface area contributed by atoms with Crippen molar-refractivity contribution in [3.8, 4) is 0 Å². The SMILES string of the molecule is Cc1ccc(S(=O)(=O)N(CC(=O)N(CCc2ccccc2)[C@H](C)C(=O)NC2CCCC2)c2ccccc2Cl)cc1. The molecular formula is C31H36ClN3O4S. The number of nitrogens with zero attached hydrogens (tertiary/aromatic N) is 2. The van der Waals surface area contributed by atoms with E-state index in [4.69, 9.17) is 11.6 Å². The third kappa shape index (κ3) is 7.23. The normalized spacial score (nSPS) is 14.5. The Bertz CT molecular complexity index is 1410. The van der Waals surface area contributed by atoms with Crippen LogP contribution in [-0.2, 0) is 26.0 Å². The zero-order valence-electron chi connectivity index (χ0n) is 22.9. The summed E-state index contributed by atoms with van der Waals surface area (Å²) in [6.45, 7) is 3.31. The largest absolute Gasteiger partial charge is 0.352 e. The summed E-state index contributed by atoms with van der Waals surface area (Å²) in [6.07, 6.45) is 4.50. The lowest BCUT2D eigenvalue weighted by Crippen LogP contribution is -2.53. The lowest BCUT2D eigenvalue weighted by molar-refractivity contribution is -0.139. The van der Waals surface area contributed by atoms with Gasteiger partial charge in [-0.1, -0.05) is 84.6 Å². The first-order valence-corrected chi connectivity index (χ1v) is 15.5. The molecule has 3 aromatic carbocycles. The molecular weight excluding hydrogens is 546 g/mol. The van der Waals surface area contributed by atoms with Crippen molar-refractivity contribution in [3.05, 3.63) is 95.0 Å². The molecule has 2 amide bonds. The van der Waals surface area contributed by atoms with Crippen molar-refractivity contribution >= 4 is 39.1 Å². The molecule has 7 nitrogen and oxygen atoms in total. The first-order valence-electron chi connectivity index (χ1n) is 13.6. The Balaban J connectivity index is 1.65. The number of sulfonamides is 1. The van der Waals surface area contributed by atoms with Crippen LogP contribution in [0.25, 0.3) is 0 Å². The van der Waals surface area contributed by atoms with E-state index in [0.29, 0.717) is 6.42 Å². The summed E-state index contributed by atoms with van der Waals surface area (Å²) in [7, 11) is -4.15. The van der Waals surface area contributed by atoms with Gasteiger partial charge in [-0.25, -0.2) is 8.42 Å². The number of para-hydroxylation sites is 1. The monoisotopic (exact) mass is 581 g/mol. The van der Waals surface area contributed by atoms with Crippen LogP contribution in [0, 0.1) is 6.92 Å². The molecule has 9 heteroatoms. The molecule has 0 aliphatic heterocycles. The van der Waals surface area contributed by atoms with Crippen molar-refractivity contribution in [2.24, 2.45) is 0 Å². The number of rotatable bonds is 11. The maximum atomic E-state index is 14.0. The van der Waals surface area contributed by atoms with Gasteiger partial charge in [0.15, 0.2) is 0 Å². The van der Waals surface area contributed by atoms with Gasteiger partial charge < -0.3 is 10.2 Å². The number of benzene rings is 3. The van der Waals surface area contributed by atoms with Crippen LogP contribution in [0.3, 0.4) is 0 Å². The average molecular weight is 582 g/mol. The molecule has 3 aromatic rings. The number of halogens is 1. The lowest BCUT2D eigenvalue weighted by Gasteiger charge is -2.32. The van der Waals surface area contributed by atoms with Crippen molar-refractivity contribution in [2.45, 2.75) is 62.9 Å². The van der Waals surface area contributed by atoms with Gasteiger partial charge in [0.05, 0.1) is 15.6 Å². The fourth-order valence-electron chi connectivity index (χ4n) is 4.97. The molecule has 0 unspecified atom stereocenters. The molecule has 0 radical (unpaired) electrons. The Labute approximate surface area is 242 Å². The van der Waals surface area contributed by atoms with Crippen LogP contribution in [0.15, 0.2) is 83.8 Å². The van der Waals surface area contributed by atoms with Gasteiger partial charge in [0.25, 0.3) is 10.0 Å². The van der Waals surface area contributed by atoms with Crippen molar-refractivity contribution in [1.82, 2.24) is 10.2 Å². The van der Waals surface area contributed by atoms with Crippen LogP contribution in [-0.4, -0.2) is 50.3 Å². The van der Waals surface area contributed by atoms with E-state index in [1.807, 2.05) is 37.3 Å². The first-order chi connectivity index (χ1) is 19.2. The van der Waals surface area contributed by atoms with Crippen LogP contribution >= 0.6 is 11.6 Å². The summed E-state index contributed by atoms with van der Waals surface area (Å²) in [4.78, 5) is 28.8. The van der Waals surface area contributed by atoms with Gasteiger partial charge in [-0.3, -0.25) is 13.9 Å². The number of hydrogen-bond acceptors (Lipinski definition) is 4. The lowest BCUT2D eigenvalue weighted by atomic mass is 10.1. The molecule has 0 bridgehead atoms. The molecule has 0 spiro atoms. The van der Waals surface area contributed by atoms with Crippen LogP contribution in [0.2, 0.25) is 5.02 Å². The molecule has 1 aliphatic carbocycles. The van der Waals surface area contributed by atoms with Crippen LogP contribution in [0.4, 0.5) is 5.69 Å². The minimum absolute atomic E-state index is 0.0497. The predicted octanol–water partition coefficient (Wildman–Crippen LogP) is 5.36. The van der Waals surface area contributed by atoms with E-state index >= 15 is 0 Å². The molecule has 1 fully saturated rings. The fraction of sp³-hybridized carbons (Fsp3) is 0.355. The highest BCUT2D eigenvalue weighted by molar-refractivity contribution is 7.92. The van der Waals surface area contributed by atoms with E-state index < -0.39 is 28.5 Å². The van der Waals surface area contributed by atoms with E-state index in [9.17, 15) is 18.0 Å². The Hall–Kier alpha value is -3.36. The maximum absolute atomic E-state index is 14.0. The standard InChI is InChI=1S/C31H36ClN3O4S/c1-23-16-18-27(19-17-23)40(38,39)35(29-15-9-8-14-28(29)32)22-30(36)34(21-20-25-10-4-3-5-11-25)24(2)31(37)33-26-12-6-7-13-26/h3-5,8-11,14-19,24,26H,6-7,12-13,20-22H2,1-2H3,(H,33,37)/t24-/m1/s1. The summed E-state index contributed by atoms with van der Waals surface area (Å²) >= 11 is 6.45. The number of nitrogens with one attached hydrogen (secondary N) is 1. The molecule has 1 N–H and O–H groups in total. The average Bonchev–Trinajstić information content (AvgIpc) is 3.46. The van der Waals surface area contributed by atoms with Gasteiger partial charge in [-0.05, 0) is 62.9 Å². The molecule has 1 atom stereocenters. The second kappa shape index (κ2) is 13.3. The third-order valence-corrected chi connectivity index (χ3v) is 9.46. The molecule has 0 saturated heterocycles. The zero-order chi connectivity index (χ0) is 28.7. The van der Waals surface area contributed by atoms with Crippen molar-refractivity contribution < 1.29 is 18.0 Å². The number of carbonyl (C=O) groups excluding carboxylic acids is 2. The summed E-state index contributed by atoms with van der Waals surface area (Å²) < 4.78 is 28.8. The molecule has 40 heavy (non-hydrogen) atoms. The van der Waals surface area contributed by atoms with Gasteiger partial charge in [-0.2, -0.15) is 0 Å². The molecule has 4 rings (SSSR count). The van der Waals surface area contributed by atoms with Crippen LogP contribution in [0.1, 0.15) is 43.7 Å². The molecule has 1 saturated carbocycles. The number of carbonyl (C=O) groups is 2. The molecule has 0 aromatic heterocycles. The smallest absolute Gasteiger partial charge is 0.264 e. The van der Waals surface area contributed by atoms with E-state index in [2.05, 4.69) is 5.32 Å². The van der Waals surface area contributed by atoms with Gasteiger partial charge in [0.2, 0.25) is 11.8 Å². The highest BCUT2D eigenvalue weighted by Gasteiger charge is 2.33. The summed E-state index contributed by atoms with van der Waals surface area (Å²) in [6, 6.07) is 22.0. The first kappa shape index (κ1) is 29.6. The minimum atomic E-state index is -4.15. The second-order valence-electron chi connectivity index (χ2n) is 10.3. The van der Waals surface area contributed by atoms with Crippen molar-refractivity contribution in [3.63, 3.8) is 0 Å². The van der Waals surface area contributed by atoms with E-state index in [1.54, 1.807) is 43.3 Å². The van der Waals surface area contributed by atoms with Crippen molar-refractivity contribution in [2.75, 3.05) is 17.4 Å². The topological polar surface area (TPSA) is 86.8 Å². The van der Waals surface area contributed by atoms with E-state index in [-0.39, 0.29) is 34.1 Å². The number of amides is 2. The summed E-state index contributed by atoms with van der Waals surface area (Å²) in [5.74, 6) is -0.723. The van der Waals surface area contributed by atoms with E-state index in [1.165, 1.54) is 17.0 Å². The minimum Gasteiger partial charge on any atom is -0.352 e. The van der Waals surface area contributed by atoms with E-state index in [0.717, 1.165) is 41.1 Å². The molecule has 0 heterocycles. The quantitative estimate of drug-likeness (QED) is 0.330. The number of hydrogen-bond donors (Lipinski definition) is 1. The van der Waals surface area contributed by atoms with Crippen molar-refractivity contribution in [1.29, 1.82) is 0 Å². The Morgan fingerprint density at radius 3 is 2.23 bits per heavy atom. The summed E-state index contributed by atoms with van der Waals surface area (Å²) in [5, 5.41) is 3.28. The van der Waals surface area contributed by atoms with Gasteiger partial charge >= 0.3 is 0 Å². The highest BCUT2D eigenvalue weighted by atomic mass is 35.5. The van der Waals surface area contributed by atoms with Gasteiger partial charge in [0.1, 0.15) is 12.6 Å². The maximum Gasteiger partial charge on any atom is 0.264 e. The predicted molar refractivity (Wildman–Crippen MR) is 159 cm³/mol. The van der Waals surface area contributed by atoms with Gasteiger partial charge in [-0.15, -0.1) is 0 Å². The second-order valence-corrected chi connectivity index (χ2v) is 12.5. The number of anilines is 1. The molecule has 212 valence electrons. The summed E-state index contributed by atoms with van der Waals surface area (Å²) in [5.41, 5.74) is 2.12. The number of aryl methyl sites for hydroxylation is 1. The Morgan fingerprint density at radius 1 is 0.950 bits per heavy atom. The Kier molecular flexibility index (Phi) is 9.87. The Morgan fingerprint density at radius 2 is 1.57 bits per heavy atom. The van der Waals surface area contributed by atoms with Crippen LogP contribution < -0.4 is 9.62 Å². The fourth-order valence-corrected chi connectivity index (χ4v) is 6.69.